The molecule has 4 heteroatoms. The maximum Gasteiger partial charge on any atom is 0.122 e. The number of nitrogens with one attached hydrogen (secondary N) is 1. The van der Waals surface area contributed by atoms with Gasteiger partial charge in [0.05, 0.1) is 7.11 Å². The van der Waals surface area contributed by atoms with Crippen LogP contribution >= 0.6 is 0 Å². The minimum absolute atomic E-state index is 0.647. The lowest BCUT2D eigenvalue weighted by atomic mass is 10.1. The Morgan fingerprint density at radius 1 is 1.22 bits per heavy atom. The van der Waals surface area contributed by atoms with E-state index in [1.807, 2.05) is 24.3 Å². The highest BCUT2D eigenvalue weighted by Crippen LogP contribution is 2.18. The molecule has 2 rings (SSSR count). The highest BCUT2D eigenvalue weighted by Gasteiger charge is 2.17. The highest BCUT2D eigenvalue weighted by molar-refractivity contribution is 5.82. The van der Waals surface area contributed by atoms with E-state index < -0.39 is 0 Å². The van der Waals surface area contributed by atoms with Crippen molar-refractivity contribution in [1.29, 1.82) is 5.41 Å². The van der Waals surface area contributed by atoms with E-state index in [1.165, 1.54) is 0 Å². The summed E-state index contributed by atoms with van der Waals surface area (Å²) in [6.45, 7) is 3.97. The Hall–Kier alpha value is -1.55. The number of para-hydroxylation sites is 1. The van der Waals surface area contributed by atoms with Crippen molar-refractivity contribution in [3.8, 4) is 5.75 Å². The van der Waals surface area contributed by atoms with Crippen molar-refractivity contribution in [3.05, 3.63) is 29.8 Å². The molecular weight excluding hydrogens is 226 g/mol. The van der Waals surface area contributed by atoms with Crippen molar-refractivity contribution in [2.45, 2.75) is 6.42 Å². The van der Waals surface area contributed by atoms with Crippen LogP contribution < -0.4 is 4.74 Å². The fraction of sp³-hybridized carbons (Fsp3) is 0.500. The van der Waals surface area contributed by atoms with Gasteiger partial charge in [-0.2, -0.15) is 0 Å². The summed E-state index contributed by atoms with van der Waals surface area (Å²) < 4.78 is 5.33. The SMILES string of the molecule is COc1ccccc1CC(=N)N1CCN(C)CC1. The van der Waals surface area contributed by atoms with Gasteiger partial charge in [0.25, 0.3) is 0 Å². The lowest BCUT2D eigenvalue weighted by molar-refractivity contribution is 0.213. The third kappa shape index (κ3) is 3.01. The van der Waals surface area contributed by atoms with Gasteiger partial charge in [-0.05, 0) is 13.1 Å². The first kappa shape index (κ1) is 12.9. The predicted molar refractivity (Wildman–Crippen MR) is 73.5 cm³/mol. The Balaban J connectivity index is 1.98. The lowest BCUT2D eigenvalue weighted by Crippen LogP contribution is -2.47. The molecule has 0 atom stereocenters. The summed E-state index contributed by atoms with van der Waals surface area (Å²) in [7, 11) is 3.81. The van der Waals surface area contributed by atoms with Gasteiger partial charge in [0.15, 0.2) is 0 Å². The molecule has 0 radical (unpaired) electrons. The van der Waals surface area contributed by atoms with Crippen LogP contribution in [0.1, 0.15) is 5.56 Å². The van der Waals surface area contributed by atoms with Crippen LogP contribution in [0.3, 0.4) is 0 Å². The Kier molecular flexibility index (Phi) is 4.20. The number of likely N-dealkylation sites (N-methyl/N-ethyl adjacent to an activating group) is 1. The molecule has 0 bridgehead atoms. The van der Waals surface area contributed by atoms with Gasteiger partial charge in [-0.15, -0.1) is 0 Å². The van der Waals surface area contributed by atoms with E-state index in [-0.39, 0.29) is 0 Å². The minimum atomic E-state index is 0.647. The van der Waals surface area contributed by atoms with Crippen LogP contribution in [-0.4, -0.2) is 56.0 Å². The Labute approximate surface area is 109 Å². The van der Waals surface area contributed by atoms with Crippen LogP contribution in [0.15, 0.2) is 24.3 Å². The van der Waals surface area contributed by atoms with E-state index in [4.69, 9.17) is 10.1 Å². The van der Waals surface area contributed by atoms with Crippen molar-refractivity contribution in [2.24, 2.45) is 0 Å². The topological polar surface area (TPSA) is 39.6 Å². The highest BCUT2D eigenvalue weighted by atomic mass is 16.5. The molecular formula is C14H21N3O. The molecule has 0 aliphatic carbocycles. The molecule has 1 aliphatic heterocycles. The molecule has 0 saturated carbocycles. The maximum absolute atomic E-state index is 8.21. The van der Waals surface area contributed by atoms with Crippen molar-refractivity contribution in [1.82, 2.24) is 9.80 Å². The number of ether oxygens (including phenoxy) is 1. The zero-order valence-electron chi connectivity index (χ0n) is 11.1. The average molecular weight is 247 g/mol. The van der Waals surface area contributed by atoms with Crippen LogP contribution in [0.5, 0.6) is 5.75 Å². The first-order valence-corrected chi connectivity index (χ1v) is 6.33. The Bertz CT molecular complexity index is 411. The van der Waals surface area contributed by atoms with Gasteiger partial charge in [-0.1, -0.05) is 18.2 Å². The first-order chi connectivity index (χ1) is 8.70. The normalized spacial score (nSPS) is 16.7. The van der Waals surface area contributed by atoms with E-state index >= 15 is 0 Å². The fourth-order valence-electron chi connectivity index (χ4n) is 2.22. The van der Waals surface area contributed by atoms with E-state index in [1.54, 1.807) is 7.11 Å². The number of nitrogens with zero attached hydrogens (tertiary/aromatic N) is 2. The summed E-state index contributed by atoms with van der Waals surface area (Å²) in [5.41, 5.74) is 1.09. The minimum Gasteiger partial charge on any atom is -0.496 e. The summed E-state index contributed by atoms with van der Waals surface area (Å²) in [5.74, 6) is 1.56. The lowest BCUT2D eigenvalue weighted by Gasteiger charge is -2.34. The van der Waals surface area contributed by atoms with Gasteiger partial charge >= 0.3 is 0 Å². The number of amidine groups is 1. The third-order valence-corrected chi connectivity index (χ3v) is 3.44. The van der Waals surface area contributed by atoms with Crippen molar-refractivity contribution < 1.29 is 4.74 Å². The Morgan fingerprint density at radius 2 is 1.89 bits per heavy atom. The van der Waals surface area contributed by atoms with Crippen molar-refractivity contribution in [3.63, 3.8) is 0 Å². The monoisotopic (exact) mass is 247 g/mol. The van der Waals surface area contributed by atoms with Gasteiger partial charge < -0.3 is 14.5 Å². The van der Waals surface area contributed by atoms with Crippen LogP contribution in [0.2, 0.25) is 0 Å². The van der Waals surface area contributed by atoms with Gasteiger partial charge in [0, 0.05) is 38.2 Å². The summed E-state index contributed by atoms with van der Waals surface area (Å²) >= 11 is 0. The van der Waals surface area contributed by atoms with Crippen LogP contribution in [0.25, 0.3) is 0 Å². The molecule has 0 aromatic heterocycles. The molecule has 1 fully saturated rings. The van der Waals surface area contributed by atoms with Crippen LogP contribution in [-0.2, 0) is 6.42 Å². The summed E-state index contributed by atoms with van der Waals surface area (Å²) in [4.78, 5) is 4.46. The van der Waals surface area contributed by atoms with E-state index in [2.05, 4.69) is 16.8 Å². The van der Waals surface area contributed by atoms with Gasteiger partial charge in [0.2, 0.25) is 0 Å². The van der Waals surface area contributed by atoms with Crippen LogP contribution in [0.4, 0.5) is 0 Å². The molecule has 4 nitrogen and oxygen atoms in total. The van der Waals surface area contributed by atoms with Gasteiger partial charge in [-0.25, -0.2) is 0 Å². The molecule has 18 heavy (non-hydrogen) atoms. The summed E-state index contributed by atoms with van der Waals surface area (Å²) in [6.07, 6.45) is 0.647. The number of hydrogen-bond acceptors (Lipinski definition) is 3. The smallest absolute Gasteiger partial charge is 0.122 e. The summed E-state index contributed by atoms with van der Waals surface area (Å²) in [5, 5.41) is 8.21. The van der Waals surface area contributed by atoms with E-state index in [9.17, 15) is 0 Å². The maximum atomic E-state index is 8.21. The predicted octanol–water partition coefficient (Wildman–Crippen LogP) is 1.46. The van der Waals surface area contributed by atoms with E-state index in [0.717, 1.165) is 37.5 Å². The second-order valence-electron chi connectivity index (χ2n) is 4.73. The van der Waals surface area contributed by atoms with E-state index in [0.29, 0.717) is 12.3 Å². The van der Waals surface area contributed by atoms with Gasteiger partial charge in [-0.3, -0.25) is 5.41 Å². The van der Waals surface area contributed by atoms with Crippen molar-refractivity contribution >= 4 is 5.84 Å². The number of piperazine rings is 1. The first-order valence-electron chi connectivity index (χ1n) is 6.33. The molecule has 0 unspecified atom stereocenters. The molecule has 98 valence electrons. The molecule has 1 saturated heterocycles. The Morgan fingerprint density at radius 3 is 2.56 bits per heavy atom. The standard InChI is InChI=1S/C14H21N3O/c1-16-7-9-17(10-8-16)14(15)11-12-5-3-4-6-13(12)18-2/h3-6,15H,7-11H2,1-2H3. The molecule has 1 N–H and O–H groups in total. The number of methoxy groups -OCH3 is 1. The molecule has 0 amide bonds. The molecule has 1 aromatic carbocycles. The molecule has 1 aliphatic rings. The fourth-order valence-corrected chi connectivity index (χ4v) is 2.22. The second-order valence-corrected chi connectivity index (χ2v) is 4.73. The number of hydrogen-bond donors (Lipinski definition) is 1. The van der Waals surface area contributed by atoms with Crippen LogP contribution in [0, 0.1) is 5.41 Å². The molecule has 1 heterocycles. The second kappa shape index (κ2) is 5.87. The van der Waals surface area contributed by atoms with Crippen molar-refractivity contribution in [2.75, 3.05) is 40.3 Å². The summed E-state index contributed by atoms with van der Waals surface area (Å²) in [6, 6.07) is 7.94. The molecule has 0 spiro atoms. The molecule has 1 aromatic rings. The zero-order valence-corrected chi connectivity index (χ0v) is 11.1. The number of rotatable bonds is 3. The number of benzene rings is 1. The van der Waals surface area contributed by atoms with Gasteiger partial charge in [0.1, 0.15) is 11.6 Å². The third-order valence-electron chi connectivity index (χ3n) is 3.44. The zero-order chi connectivity index (χ0) is 13.0. The largest absolute Gasteiger partial charge is 0.496 e. The quantitative estimate of drug-likeness (QED) is 0.649. The average Bonchev–Trinajstić information content (AvgIpc) is 2.40.